The number of aryl methyl sites for hydroxylation is 1. The Hall–Kier alpha value is -3.07. The summed E-state index contributed by atoms with van der Waals surface area (Å²) in [5.41, 5.74) is 0.838. The summed E-state index contributed by atoms with van der Waals surface area (Å²) in [6.45, 7) is 1.41. The van der Waals surface area contributed by atoms with E-state index < -0.39 is 18.5 Å². The molecule has 1 N–H and O–H groups in total. The molecule has 128 valence electrons. The van der Waals surface area contributed by atoms with Crippen LogP contribution in [0.25, 0.3) is 5.78 Å². The van der Waals surface area contributed by atoms with Crippen LogP contribution >= 0.6 is 11.6 Å². The lowest BCUT2D eigenvalue weighted by Crippen LogP contribution is -2.22. The van der Waals surface area contributed by atoms with Crippen molar-refractivity contribution >= 4 is 35.1 Å². The Morgan fingerprint density at radius 2 is 2.08 bits per heavy atom. The van der Waals surface area contributed by atoms with E-state index in [1.165, 1.54) is 23.2 Å². The van der Waals surface area contributed by atoms with Gasteiger partial charge >= 0.3 is 5.97 Å². The van der Waals surface area contributed by atoms with Gasteiger partial charge in [-0.05, 0) is 18.6 Å². The van der Waals surface area contributed by atoms with E-state index in [2.05, 4.69) is 25.4 Å². The van der Waals surface area contributed by atoms with Crippen molar-refractivity contribution in [3.63, 3.8) is 0 Å². The highest BCUT2D eigenvalue weighted by molar-refractivity contribution is 6.30. The molecule has 0 aliphatic carbocycles. The van der Waals surface area contributed by atoms with Crippen molar-refractivity contribution in [2.24, 2.45) is 0 Å². The second-order valence-electron chi connectivity index (χ2n) is 4.93. The molecule has 0 aromatic carbocycles. The van der Waals surface area contributed by atoms with Gasteiger partial charge in [-0.3, -0.25) is 4.79 Å². The lowest BCUT2D eigenvalue weighted by atomic mass is 10.2. The van der Waals surface area contributed by atoms with Crippen molar-refractivity contribution in [2.75, 3.05) is 11.9 Å². The van der Waals surface area contributed by atoms with Crippen molar-refractivity contribution in [3.8, 4) is 0 Å². The Balaban J connectivity index is 1.66. The molecule has 0 bridgehead atoms. The normalized spacial score (nSPS) is 10.6. The number of rotatable bonds is 5. The minimum absolute atomic E-state index is 0.234. The summed E-state index contributed by atoms with van der Waals surface area (Å²) in [5, 5.41) is 6.98. The van der Waals surface area contributed by atoms with Crippen LogP contribution in [-0.4, -0.2) is 43.0 Å². The highest BCUT2D eigenvalue weighted by Crippen LogP contribution is 2.12. The molecular weight excluding hydrogens is 348 g/mol. The van der Waals surface area contributed by atoms with Crippen LogP contribution < -0.4 is 5.32 Å². The summed E-state index contributed by atoms with van der Waals surface area (Å²) < 4.78 is 6.51. The minimum atomic E-state index is -0.666. The highest BCUT2D eigenvalue weighted by Gasteiger charge is 2.18. The third-order valence-electron chi connectivity index (χ3n) is 3.29. The Labute approximate surface area is 147 Å². The number of aromatic nitrogens is 5. The topological polar surface area (TPSA) is 111 Å². The van der Waals surface area contributed by atoms with E-state index in [0.29, 0.717) is 28.7 Å². The van der Waals surface area contributed by atoms with Crippen molar-refractivity contribution in [2.45, 2.75) is 13.3 Å². The summed E-state index contributed by atoms with van der Waals surface area (Å²) in [7, 11) is 0. The van der Waals surface area contributed by atoms with Crippen LogP contribution in [0.3, 0.4) is 0 Å². The van der Waals surface area contributed by atoms with Gasteiger partial charge in [-0.1, -0.05) is 18.5 Å². The van der Waals surface area contributed by atoms with Crippen molar-refractivity contribution < 1.29 is 14.3 Å². The third kappa shape index (κ3) is 3.72. The van der Waals surface area contributed by atoms with Gasteiger partial charge in [-0.2, -0.15) is 10.1 Å². The fourth-order valence-corrected chi connectivity index (χ4v) is 2.28. The summed E-state index contributed by atoms with van der Waals surface area (Å²) in [6, 6.07) is 3.13. The molecule has 9 nitrogen and oxygen atoms in total. The zero-order valence-electron chi connectivity index (χ0n) is 13.1. The molecule has 3 aromatic rings. The predicted octanol–water partition coefficient (Wildman–Crippen LogP) is 1.53. The van der Waals surface area contributed by atoms with Crippen LogP contribution in [-0.2, 0) is 16.0 Å². The standard InChI is InChI=1S/C15H13ClN6O3/c1-2-11-10(6-18-15-19-8-20-22(11)15)14(24)25-7-13(23)21-12-4-3-9(16)5-17-12/h3-6,8H,2,7H2,1H3,(H,17,21,23). The molecule has 0 atom stereocenters. The van der Waals surface area contributed by atoms with E-state index in [0.717, 1.165) is 0 Å². The molecule has 0 aliphatic heterocycles. The molecule has 3 heterocycles. The first-order valence-electron chi connectivity index (χ1n) is 7.34. The molecule has 3 rings (SSSR count). The van der Waals surface area contributed by atoms with E-state index >= 15 is 0 Å². The largest absolute Gasteiger partial charge is 0.452 e. The molecule has 0 unspecified atom stereocenters. The molecule has 0 aliphatic rings. The number of halogens is 1. The smallest absolute Gasteiger partial charge is 0.342 e. The maximum absolute atomic E-state index is 12.3. The molecule has 1 amide bonds. The van der Waals surface area contributed by atoms with Crippen molar-refractivity contribution in [1.29, 1.82) is 0 Å². The SMILES string of the molecule is CCc1c(C(=O)OCC(=O)Nc2ccc(Cl)cn2)cnc2ncnn12. The molecule has 0 spiro atoms. The monoisotopic (exact) mass is 360 g/mol. The molecule has 0 saturated carbocycles. The number of pyridine rings is 1. The van der Waals surface area contributed by atoms with Gasteiger partial charge in [0.05, 0.1) is 16.3 Å². The van der Waals surface area contributed by atoms with Gasteiger partial charge in [-0.25, -0.2) is 19.3 Å². The number of amides is 1. The number of anilines is 1. The molecule has 25 heavy (non-hydrogen) atoms. The average molecular weight is 361 g/mol. The quantitative estimate of drug-likeness (QED) is 0.686. The lowest BCUT2D eigenvalue weighted by Gasteiger charge is -2.09. The Morgan fingerprint density at radius 3 is 2.80 bits per heavy atom. The van der Waals surface area contributed by atoms with Crippen LogP contribution in [0, 0.1) is 0 Å². The predicted molar refractivity (Wildman–Crippen MR) is 88.3 cm³/mol. The minimum Gasteiger partial charge on any atom is -0.452 e. The van der Waals surface area contributed by atoms with Gasteiger partial charge in [0.25, 0.3) is 11.7 Å². The first-order chi connectivity index (χ1) is 12.1. The van der Waals surface area contributed by atoms with E-state index in [9.17, 15) is 9.59 Å². The number of ether oxygens (including phenoxy) is 1. The maximum Gasteiger partial charge on any atom is 0.342 e. The fraction of sp³-hybridized carbons (Fsp3) is 0.200. The van der Waals surface area contributed by atoms with Crippen molar-refractivity contribution in [3.05, 3.63) is 47.1 Å². The number of carbonyl (C=O) groups excluding carboxylic acids is 2. The molecule has 0 radical (unpaired) electrons. The van der Waals surface area contributed by atoms with Gasteiger partial charge in [-0.15, -0.1) is 0 Å². The Bertz CT molecular complexity index is 925. The van der Waals surface area contributed by atoms with Gasteiger partial charge < -0.3 is 10.1 Å². The third-order valence-corrected chi connectivity index (χ3v) is 3.51. The second-order valence-corrected chi connectivity index (χ2v) is 5.37. The van der Waals surface area contributed by atoms with Crippen LogP contribution in [0.5, 0.6) is 0 Å². The first kappa shape index (κ1) is 16.8. The summed E-state index contributed by atoms with van der Waals surface area (Å²) in [6.07, 6.45) is 4.64. The van der Waals surface area contributed by atoms with Gasteiger partial charge in [0, 0.05) is 12.4 Å². The van der Waals surface area contributed by atoms with Crippen molar-refractivity contribution in [1.82, 2.24) is 24.6 Å². The van der Waals surface area contributed by atoms with Crippen LogP contribution in [0.15, 0.2) is 30.9 Å². The number of nitrogens with one attached hydrogen (secondary N) is 1. The summed E-state index contributed by atoms with van der Waals surface area (Å²) in [5.74, 6) is -0.484. The van der Waals surface area contributed by atoms with Crippen LogP contribution in [0.1, 0.15) is 23.0 Å². The number of nitrogens with zero attached hydrogens (tertiary/aromatic N) is 5. The van der Waals surface area contributed by atoms with Gasteiger partial charge in [0.2, 0.25) is 0 Å². The second kappa shape index (κ2) is 7.22. The highest BCUT2D eigenvalue weighted by atomic mass is 35.5. The molecular formula is C15H13ClN6O3. The van der Waals surface area contributed by atoms with Gasteiger partial charge in [0.15, 0.2) is 6.61 Å². The molecule has 0 saturated heterocycles. The first-order valence-corrected chi connectivity index (χ1v) is 7.72. The number of esters is 1. The fourth-order valence-electron chi connectivity index (χ4n) is 2.17. The number of fused-ring (bicyclic) bond motifs is 1. The zero-order chi connectivity index (χ0) is 17.8. The van der Waals surface area contributed by atoms with E-state index in [1.807, 2.05) is 6.92 Å². The maximum atomic E-state index is 12.3. The van der Waals surface area contributed by atoms with Crippen LogP contribution in [0.4, 0.5) is 5.82 Å². The van der Waals surface area contributed by atoms with E-state index in [-0.39, 0.29) is 5.56 Å². The van der Waals surface area contributed by atoms with E-state index in [4.69, 9.17) is 16.3 Å². The molecule has 3 aromatic heterocycles. The zero-order valence-corrected chi connectivity index (χ0v) is 13.9. The van der Waals surface area contributed by atoms with Crippen LogP contribution in [0.2, 0.25) is 5.02 Å². The summed E-state index contributed by atoms with van der Waals surface area (Å²) >= 11 is 5.72. The number of hydrogen-bond donors (Lipinski definition) is 1. The summed E-state index contributed by atoms with van der Waals surface area (Å²) in [4.78, 5) is 36.0. The number of hydrogen-bond acceptors (Lipinski definition) is 7. The lowest BCUT2D eigenvalue weighted by molar-refractivity contribution is -0.119. The molecule has 0 fully saturated rings. The number of carbonyl (C=O) groups is 2. The van der Waals surface area contributed by atoms with Gasteiger partial charge in [0.1, 0.15) is 12.1 Å². The average Bonchev–Trinajstić information content (AvgIpc) is 3.09. The Morgan fingerprint density at radius 1 is 1.24 bits per heavy atom. The Kier molecular flexibility index (Phi) is 4.85. The molecule has 10 heteroatoms. The van der Waals surface area contributed by atoms with E-state index in [1.54, 1.807) is 12.1 Å².